The van der Waals surface area contributed by atoms with Crippen molar-refractivity contribution < 1.29 is 0 Å². The van der Waals surface area contributed by atoms with Gasteiger partial charge in [-0.2, -0.15) is 5.10 Å². The van der Waals surface area contributed by atoms with E-state index >= 15 is 0 Å². The fourth-order valence-corrected chi connectivity index (χ4v) is 2.90. The fraction of sp³-hybridized carbons (Fsp3) is 0.333. The molecule has 2 aromatic heterocycles. The Balaban J connectivity index is 2.17. The maximum absolute atomic E-state index is 5.47. The number of nitrogens with zero attached hydrogens (tertiary/aromatic N) is 3. The van der Waals surface area contributed by atoms with Gasteiger partial charge in [-0.1, -0.05) is 6.07 Å². The fourth-order valence-electron chi connectivity index (χ4n) is 2.62. The summed E-state index contributed by atoms with van der Waals surface area (Å²) in [4.78, 5) is 3.27. The highest BCUT2D eigenvalue weighted by molar-refractivity contribution is 7.71. The average molecular weight is 286 g/mol. The summed E-state index contributed by atoms with van der Waals surface area (Å²) in [5, 5.41) is 4.48. The predicted molar refractivity (Wildman–Crippen MR) is 83.6 cm³/mol. The van der Waals surface area contributed by atoms with Gasteiger partial charge in [0.05, 0.1) is 23.3 Å². The molecule has 0 spiro atoms. The van der Waals surface area contributed by atoms with Gasteiger partial charge < -0.3 is 9.55 Å². The SMILES string of the molecule is Cc1ccc2[nH]c(=S)n(Cc3c(C)nn(C)c3C)c2c1. The normalized spacial score (nSPS) is 11.4. The van der Waals surface area contributed by atoms with Crippen molar-refractivity contribution in [3.05, 3.63) is 45.5 Å². The average Bonchev–Trinajstić information content (AvgIpc) is 2.82. The molecule has 0 amide bonds. The van der Waals surface area contributed by atoms with Crippen LogP contribution in [0.3, 0.4) is 0 Å². The lowest BCUT2D eigenvalue weighted by molar-refractivity contribution is 0.727. The van der Waals surface area contributed by atoms with E-state index in [2.05, 4.69) is 46.7 Å². The van der Waals surface area contributed by atoms with Crippen molar-refractivity contribution in [2.24, 2.45) is 7.05 Å². The van der Waals surface area contributed by atoms with Gasteiger partial charge in [-0.3, -0.25) is 4.68 Å². The molecule has 0 atom stereocenters. The third-order valence-corrected chi connectivity index (χ3v) is 4.23. The second-order valence-electron chi connectivity index (χ2n) is 5.31. The summed E-state index contributed by atoms with van der Waals surface area (Å²) in [7, 11) is 1.98. The monoisotopic (exact) mass is 286 g/mol. The predicted octanol–water partition coefficient (Wildman–Crippen LogP) is 3.41. The molecule has 0 unspecified atom stereocenters. The van der Waals surface area contributed by atoms with Crippen LogP contribution in [0.1, 0.15) is 22.5 Å². The third-order valence-electron chi connectivity index (χ3n) is 3.91. The summed E-state index contributed by atoms with van der Waals surface area (Å²) in [5.74, 6) is 0. The van der Waals surface area contributed by atoms with Crippen LogP contribution >= 0.6 is 12.2 Å². The summed E-state index contributed by atoms with van der Waals surface area (Å²) >= 11 is 5.47. The molecule has 1 N–H and O–H groups in total. The Bertz CT molecular complexity index is 851. The molecular formula is C15H18N4S. The molecule has 0 aliphatic rings. The molecule has 20 heavy (non-hydrogen) atoms. The number of benzene rings is 1. The van der Waals surface area contributed by atoms with Crippen LogP contribution in [-0.2, 0) is 13.6 Å². The summed E-state index contributed by atoms with van der Waals surface area (Å²) in [6.07, 6.45) is 0. The second-order valence-corrected chi connectivity index (χ2v) is 5.70. The van der Waals surface area contributed by atoms with Crippen LogP contribution < -0.4 is 0 Å². The van der Waals surface area contributed by atoms with Crippen LogP contribution in [0.25, 0.3) is 11.0 Å². The van der Waals surface area contributed by atoms with Gasteiger partial charge in [0.2, 0.25) is 0 Å². The Hall–Kier alpha value is -1.88. The highest BCUT2D eigenvalue weighted by Gasteiger charge is 2.12. The molecule has 0 saturated heterocycles. The molecule has 3 rings (SSSR count). The quantitative estimate of drug-likeness (QED) is 0.733. The third kappa shape index (κ3) is 1.98. The summed E-state index contributed by atoms with van der Waals surface area (Å²) < 4.78 is 4.83. The first-order valence-electron chi connectivity index (χ1n) is 6.65. The molecule has 2 heterocycles. The van der Waals surface area contributed by atoms with E-state index in [0.29, 0.717) is 0 Å². The van der Waals surface area contributed by atoms with Gasteiger partial charge in [0, 0.05) is 18.3 Å². The van der Waals surface area contributed by atoms with E-state index < -0.39 is 0 Å². The Labute approximate surface area is 123 Å². The Morgan fingerprint density at radius 3 is 2.65 bits per heavy atom. The maximum atomic E-state index is 5.47. The minimum absolute atomic E-state index is 0.758. The second kappa shape index (κ2) is 4.59. The van der Waals surface area contributed by atoms with Gasteiger partial charge in [-0.15, -0.1) is 0 Å². The number of H-pyrrole nitrogens is 1. The number of aryl methyl sites for hydroxylation is 3. The highest BCUT2D eigenvalue weighted by atomic mass is 32.1. The first kappa shape index (κ1) is 13.1. The van der Waals surface area contributed by atoms with Crippen molar-refractivity contribution in [1.29, 1.82) is 0 Å². The highest BCUT2D eigenvalue weighted by Crippen LogP contribution is 2.20. The summed E-state index contributed by atoms with van der Waals surface area (Å²) in [6, 6.07) is 6.35. The molecule has 0 aliphatic heterocycles. The minimum Gasteiger partial charge on any atom is -0.331 e. The molecular weight excluding hydrogens is 268 g/mol. The Morgan fingerprint density at radius 2 is 2.00 bits per heavy atom. The Morgan fingerprint density at radius 1 is 1.25 bits per heavy atom. The molecule has 0 bridgehead atoms. The van der Waals surface area contributed by atoms with Crippen LogP contribution in [0.4, 0.5) is 0 Å². The van der Waals surface area contributed by atoms with Crippen LogP contribution in [-0.4, -0.2) is 19.3 Å². The lowest BCUT2D eigenvalue weighted by Crippen LogP contribution is -2.02. The van der Waals surface area contributed by atoms with E-state index in [1.807, 2.05) is 18.7 Å². The zero-order valence-corrected chi connectivity index (χ0v) is 13.0. The standard InChI is InChI=1S/C15H18N4S/c1-9-5-6-13-14(7-9)19(15(20)16-13)8-12-10(2)17-18(4)11(12)3/h5-7H,8H2,1-4H3,(H,16,20). The van der Waals surface area contributed by atoms with Crippen LogP contribution in [0.5, 0.6) is 0 Å². The summed E-state index contributed by atoms with van der Waals surface area (Å²) in [5.41, 5.74) is 6.96. The molecule has 5 heteroatoms. The van der Waals surface area contributed by atoms with Gasteiger partial charge in [-0.05, 0) is 50.7 Å². The summed E-state index contributed by atoms with van der Waals surface area (Å²) in [6.45, 7) is 7.00. The zero-order valence-electron chi connectivity index (χ0n) is 12.2. The minimum atomic E-state index is 0.758. The van der Waals surface area contributed by atoms with Crippen molar-refractivity contribution in [2.75, 3.05) is 0 Å². The van der Waals surface area contributed by atoms with Crippen molar-refractivity contribution in [1.82, 2.24) is 19.3 Å². The van der Waals surface area contributed by atoms with Crippen molar-refractivity contribution in [2.45, 2.75) is 27.3 Å². The van der Waals surface area contributed by atoms with E-state index in [-0.39, 0.29) is 0 Å². The number of hydrogen-bond acceptors (Lipinski definition) is 2. The Kier molecular flexibility index (Phi) is 3.01. The molecule has 104 valence electrons. The van der Waals surface area contributed by atoms with Gasteiger partial charge >= 0.3 is 0 Å². The first-order chi connectivity index (χ1) is 9.47. The van der Waals surface area contributed by atoms with Crippen molar-refractivity contribution in [3.8, 4) is 0 Å². The van der Waals surface area contributed by atoms with Crippen LogP contribution in [0.15, 0.2) is 18.2 Å². The number of rotatable bonds is 2. The van der Waals surface area contributed by atoms with E-state index in [4.69, 9.17) is 12.2 Å². The molecule has 1 aromatic carbocycles. The van der Waals surface area contributed by atoms with Crippen molar-refractivity contribution in [3.63, 3.8) is 0 Å². The molecule has 0 aliphatic carbocycles. The number of fused-ring (bicyclic) bond motifs is 1. The topological polar surface area (TPSA) is 38.5 Å². The van der Waals surface area contributed by atoms with Gasteiger partial charge in [0.25, 0.3) is 0 Å². The maximum Gasteiger partial charge on any atom is 0.178 e. The van der Waals surface area contributed by atoms with Crippen molar-refractivity contribution >= 4 is 23.3 Å². The number of hydrogen-bond donors (Lipinski definition) is 1. The number of aromatic nitrogens is 4. The van der Waals surface area contributed by atoms with E-state index in [1.165, 1.54) is 16.8 Å². The zero-order chi connectivity index (χ0) is 14.4. The molecule has 0 fully saturated rings. The molecule has 3 aromatic rings. The van der Waals surface area contributed by atoms with E-state index in [0.717, 1.165) is 28.0 Å². The van der Waals surface area contributed by atoms with Crippen LogP contribution in [0.2, 0.25) is 0 Å². The van der Waals surface area contributed by atoms with Gasteiger partial charge in [-0.25, -0.2) is 0 Å². The van der Waals surface area contributed by atoms with Gasteiger partial charge in [0.1, 0.15) is 0 Å². The molecule has 4 nitrogen and oxygen atoms in total. The van der Waals surface area contributed by atoms with Gasteiger partial charge in [0.15, 0.2) is 4.77 Å². The molecule has 0 radical (unpaired) electrons. The number of imidazole rings is 1. The lowest BCUT2D eigenvalue weighted by Gasteiger charge is -2.06. The van der Waals surface area contributed by atoms with E-state index in [1.54, 1.807) is 0 Å². The number of aromatic amines is 1. The first-order valence-corrected chi connectivity index (χ1v) is 7.06. The van der Waals surface area contributed by atoms with E-state index in [9.17, 15) is 0 Å². The lowest BCUT2D eigenvalue weighted by atomic mass is 10.2. The van der Waals surface area contributed by atoms with Crippen LogP contribution in [0, 0.1) is 25.5 Å². The number of nitrogens with one attached hydrogen (secondary N) is 1. The largest absolute Gasteiger partial charge is 0.331 e. The molecule has 0 saturated carbocycles. The smallest absolute Gasteiger partial charge is 0.178 e.